The molecule has 0 bridgehead atoms. The number of phenolic OH excluding ortho intramolecular Hbond substituents is 1. The molecule has 0 aromatic heterocycles. The molecule has 1 unspecified atom stereocenters. The molecule has 1 aromatic rings. The van der Waals surface area contributed by atoms with Gasteiger partial charge in [-0.2, -0.15) is 0 Å². The number of nitrogens with one attached hydrogen (secondary N) is 1. The number of aliphatic hydroxyl groups excluding tert-OH is 1. The number of benzene rings is 1. The molecule has 13 heavy (non-hydrogen) atoms. The van der Waals surface area contributed by atoms with Crippen LogP contribution in [0.3, 0.4) is 0 Å². The monoisotopic (exact) mass is 179 g/mol. The Bertz CT molecular complexity index is 312. The van der Waals surface area contributed by atoms with Crippen molar-refractivity contribution in [1.82, 2.24) is 5.32 Å². The Morgan fingerprint density at radius 3 is 3.08 bits per heavy atom. The summed E-state index contributed by atoms with van der Waals surface area (Å²) in [6.45, 7) is 0.816. The van der Waals surface area contributed by atoms with Crippen molar-refractivity contribution in [3.8, 4) is 5.75 Å². The zero-order valence-corrected chi connectivity index (χ0v) is 7.33. The molecule has 1 atom stereocenters. The van der Waals surface area contributed by atoms with Gasteiger partial charge < -0.3 is 10.2 Å². The number of hydrogen-bond donors (Lipinski definition) is 3. The minimum Gasteiger partial charge on any atom is -0.508 e. The summed E-state index contributed by atoms with van der Waals surface area (Å²) in [6.07, 6.45) is 1.32. The third-order valence-electron chi connectivity index (χ3n) is 2.38. The van der Waals surface area contributed by atoms with Crippen molar-refractivity contribution in [2.45, 2.75) is 19.1 Å². The van der Waals surface area contributed by atoms with E-state index in [1.54, 1.807) is 18.2 Å². The Morgan fingerprint density at radius 2 is 2.23 bits per heavy atom. The van der Waals surface area contributed by atoms with E-state index in [4.69, 9.17) is 0 Å². The van der Waals surface area contributed by atoms with E-state index in [1.165, 1.54) is 0 Å². The zero-order valence-electron chi connectivity index (χ0n) is 7.33. The maximum absolute atomic E-state index is 9.64. The van der Waals surface area contributed by atoms with Crippen molar-refractivity contribution in [2.24, 2.45) is 0 Å². The van der Waals surface area contributed by atoms with Crippen molar-refractivity contribution in [3.63, 3.8) is 0 Å². The quantitative estimate of drug-likeness (QED) is 0.555. The molecule has 0 saturated carbocycles. The standard InChI is InChI=1S/C10H13NO2/c12-8-3-4-9-7(6-8)2-1-5-11-10(9)13/h3-4,6,10-13H,1-2,5H2. The first-order chi connectivity index (χ1) is 6.27. The predicted octanol–water partition coefficient (Wildman–Crippen LogP) is 0.919. The van der Waals surface area contributed by atoms with E-state index in [-0.39, 0.29) is 5.75 Å². The van der Waals surface area contributed by atoms with E-state index in [0.29, 0.717) is 0 Å². The summed E-state index contributed by atoms with van der Waals surface area (Å²) >= 11 is 0. The van der Waals surface area contributed by atoms with Crippen LogP contribution in [0.2, 0.25) is 0 Å². The second-order valence-electron chi connectivity index (χ2n) is 3.34. The number of phenols is 1. The minimum absolute atomic E-state index is 0.271. The van der Waals surface area contributed by atoms with Crippen LogP contribution in [0.4, 0.5) is 0 Å². The topological polar surface area (TPSA) is 52.5 Å². The van der Waals surface area contributed by atoms with E-state index >= 15 is 0 Å². The number of aromatic hydroxyl groups is 1. The highest BCUT2D eigenvalue weighted by atomic mass is 16.3. The molecule has 3 N–H and O–H groups in total. The Labute approximate surface area is 77.0 Å². The van der Waals surface area contributed by atoms with Gasteiger partial charge in [0.2, 0.25) is 0 Å². The summed E-state index contributed by atoms with van der Waals surface area (Å²) in [5, 5.41) is 21.9. The fourth-order valence-electron chi connectivity index (χ4n) is 1.70. The highest BCUT2D eigenvalue weighted by Gasteiger charge is 2.15. The second-order valence-corrected chi connectivity index (χ2v) is 3.34. The first kappa shape index (κ1) is 8.53. The Hall–Kier alpha value is -1.06. The molecule has 1 aromatic carbocycles. The number of hydrogen-bond acceptors (Lipinski definition) is 3. The first-order valence-electron chi connectivity index (χ1n) is 4.50. The maximum Gasteiger partial charge on any atom is 0.131 e. The maximum atomic E-state index is 9.64. The van der Waals surface area contributed by atoms with Crippen LogP contribution >= 0.6 is 0 Å². The van der Waals surface area contributed by atoms with Crippen LogP contribution in [0.15, 0.2) is 18.2 Å². The molecule has 0 radical (unpaired) electrons. The van der Waals surface area contributed by atoms with Crippen molar-refractivity contribution in [3.05, 3.63) is 29.3 Å². The van der Waals surface area contributed by atoms with Gasteiger partial charge in [-0.3, -0.25) is 5.32 Å². The lowest BCUT2D eigenvalue weighted by Gasteiger charge is -2.12. The summed E-state index contributed by atoms with van der Waals surface area (Å²) in [7, 11) is 0. The number of aliphatic hydroxyl groups is 1. The number of rotatable bonds is 0. The van der Waals surface area contributed by atoms with Crippen LogP contribution in [-0.4, -0.2) is 16.8 Å². The third-order valence-corrected chi connectivity index (χ3v) is 2.38. The second kappa shape index (κ2) is 3.36. The molecule has 2 rings (SSSR count). The normalized spacial score (nSPS) is 22.1. The summed E-state index contributed by atoms with van der Waals surface area (Å²) in [5.41, 5.74) is 1.92. The van der Waals surface area contributed by atoms with Crippen LogP contribution in [0, 0.1) is 0 Å². The highest BCUT2D eigenvalue weighted by molar-refractivity contribution is 5.36. The highest BCUT2D eigenvalue weighted by Crippen LogP contribution is 2.24. The van der Waals surface area contributed by atoms with Crippen molar-refractivity contribution in [1.29, 1.82) is 0 Å². The van der Waals surface area contributed by atoms with Gasteiger partial charge in [0.05, 0.1) is 0 Å². The van der Waals surface area contributed by atoms with Crippen molar-refractivity contribution < 1.29 is 10.2 Å². The molecule has 70 valence electrons. The molecule has 0 amide bonds. The smallest absolute Gasteiger partial charge is 0.131 e. The van der Waals surface area contributed by atoms with Gasteiger partial charge in [-0.1, -0.05) is 6.07 Å². The van der Waals surface area contributed by atoms with E-state index in [0.717, 1.165) is 30.5 Å². The van der Waals surface area contributed by atoms with Gasteiger partial charge in [0, 0.05) is 0 Å². The Kier molecular flexibility index (Phi) is 2.20. The molecule has 0 aliphatic carbocycles. The van der Waals surface area contributed by atoms with E-state index in [2.05, 4.69) is 5.32 Å². The van der Waals surface area contributed by atoms with Gasteiger partial charge in [0.15, 0.2) is 0 Å². The van der Waals surface area contributed by atoms with Crippen LogP contribution in [-0.2, 0) is 6.42 Å². The Balaban J connectivity index is 2.42. The lowest BCUT2D eigenvalue weighted by atomic mass is 10.0. The lowest BCUT2D eigenvalue weighted by Crippen LogP contribution is -2.19. The van der Waals surface area contributed by atoms with Gasteiger partial charge >= 0.3 is 0 Å². The molecule has 0 saturated heterocycles. The average Bonchev–Trinajstić information content (AvgIpc) is 2.28. The summed E-state index contributed by atoms with van der Waals surface area (Å²) < 4.78 is 0. The molecule has 1 heterocycles. The van der Waals surface area contributed by atoms with Gasteiger partial charge in [-0.05, 0) is 42.6 Å². The van der Waals surface area contributed by atoms with Gasteiger partial charge in [0.1, 0.15) is 12.0 Å². The van der Waals surface area contributed by atoms with Crippen LogP contribution in [0.25, 0.3) is 0 Å². The Morgan fingerprint density at radius 1 is 1.38 bits per heavy atom. The molecule has 3 nitrogen and oxygen atoms in total. The van der Waals surface area contributed by atoms with Crippen LogP contribution in [0.1, 0.15) is 23.8 Å². The van der Waals surface area contributed by atoms with Gasteiger partial charge in [0.25, 0.3) is 0 Å². The van der Waals surface area contributed by atoms with Crippen LogP contribution < -0.4 is 5.32 Å². The van der Waals surface area contributed by atoms with E-state index in [1.807, 2.05) is 0 Å². The number of fused-ring (bicyclic) bond motifs is 1. The summed E-state index contributed by atoms with van der Waals surface area (Å²) in [6, 6.07) is 5.11. The SMILES string of the molecule is Oc1ccc2c(c1)CCCNC2O. The van der Waals surface area contributed by atoms with Crippen LogP contribution in [0.5, 0.6) is 5.75 Å². The first-order valence-corrected chi connectivity index (χ1v) is 4.50. The third kappa shape index (κ3) is 1.66. The van der Waals surface area contributed by atoms with Crippen molar-refractivity contribution in [2.75, 3.05) is 6.54 Å². The summed E-state index contributed by atoms with van der Waals surface area (Å²) in [4.78, 5) is 0. The number of aryl methyl sites for hydroxylation is 1. The molecule has 3 heteroatoms. The lowest BCUT2D eigenvalue weighted by molar-refractivity contribution is 0.142. The average molecular weight is 179 g/mol. The van der Waals surface area contributed by atoms with E-state index < -0.39 is 6.23 Å². The molecule has 1 aliphatic heterocycles. The molecule has 0 spiro atoms. The molecule has 1 aliphatic rings. The zero-order chi connectivity index (χ0) is 9.26. The van der Waals surface area contributed by atoms with E-state index in [9.17, 15) is 10.2 Å². The molecular formula is C10H13NO2. The fourth-order valence-corrected chi connectivity index (χ4v) is 1.70. The summed E-state index contributed by atoms with van der Waals surface area (Å²) in [5.74, 6) is 0.271. The predicted molar refractivity (Wildman–Crippen MR) is 49.4 cm³/mol. The van der Waals surface area contributed by atoms with Gasteiger partial charge in [-0.15, -0.1) is 0 Å². The largest absolute Gasteiger partial charge is 0.508 e. The molecule has 0 fully saturated rings. The van der Waals surface area contributed by atoms with Gasteiger partial charge in [-0.25, -0.2) is 0 Å². The fraction of sp³-hybridized carbons (Fsp3) is 0.400. The minimum atomic E-state index is -0.585. The van der Waals surface area contributed by atoms with Crippen molar-refractivity contribution >= 4 is 0 Å². The molecular weight excluding hydrogens is 166 g/mol.